The maximum atomic E-state index is 13.4. The third kappa shape index (κ3) is 5.28. The fraction of sp³-hybridized carbons (Fsp3) is 0.0909. The number of hydrogen-bond donors (Lipinski definition) is 1. The van der Waals surface area contributed by atoms with Gasteiger partial charge in [-0.05, 0) is 42.0 Å². The first-order valence-electron chi connectivity index (χ1n) is 9.36. The van der Waals surface area contributed by atoms with Crippen molar-refractivity contribution < 1.29 is 9.18 Å². The topological polar surface area (TPSA) is 72.7 Å². The SMILES string of the molecule is O=C(CSc1nnc(-c2ccc(F)cc2)n1Cc1ccccc1)Nc1cccnc1Cl. The molecule has 1 amide bonds. The number of pyridine rings is 1. The Morgan fingerprint density at radius 3 is 2.55 bits per heavy atom. The van der Waals surface area contributed by atoms with Crippen LogP contribution in [0.2, 0.25) is 5.15 Å². The van der Waals surface area contributed by atoms with E-state index in [0.717, 1.165) is 11.1 Å². The van der Waals surface area contributed by atoms with Gasteiger partial charge in [0.05, 0.1) is 18.0 Å². The lowest BCUT2D eigenvalue weighted by Crippen LogP contribution is -2.15. The molecule has 0 saturated carbocycles. The number of rotatable bonds is 7. The predicted molar refractivity (Wildman–Crippen MR) is 120 cm³/mol. The number of anilines is 1. The molecule has 0 bridgehead atoms. The Morgan fingerprint density at radius 1 is 1.03 bits per heavy atom. The molecule has 4 rings (SSSR count). The second-order valence-corrected chi connectivity index (χ2v) is 7.86. The standard InChI is InChI=1S/C22H17ClFN5OS/c23-20-18(7-4-12-25-20)26-19(30)14-31-22-28-27-21(16-8-10-17(24)11-9-16)29(22)13-15-5-2-1-3-6-15/h1-12H,13-14H2,(H,26,30). The van der Waals surface area contributed by atoms with Gasteiger partial charge in [0.1, 0.15) is 5.82 Å². The number of benzene rings is 2. The van der Waals surface area contributed by atoms with E-state index in [9.17, 15) is 9.18 Å². The highest BCUT2D eigenvalue weighted by Crippen LogP contribution is 2.26. The molecule has 2 heterocycles. The molecule has 0 radical (unpaired) electrons. The van der Waals surface area contributed by atoms with E-state index >= 15 is 0 Å². The molecule has 0 atom stereocenters. The average Bonchev–Trinajstić information content (AvgIpc) is 3.17. The normalized spacial score (nSPS) is 10.8. The van der Waals surface area contributed by atoms with Crippen LogP contribution in [-0.2, 0) is 11.3 Å². The van der Waals surface area contributed by atoms with Crippen molar-refractivity contribution in [2.45, 2.75) is 11.7 Å². The monoisotopic (exact) mass is 453 g/mol. The van der Waals surface area contributed by atoms with Crippen molar-refractivity contribution in [2.75, 3.05) is 11.1 Å². The molecular formula is C22H17ClFN5OS. The van der Waals surface area contributed by atoms with E-state index in [2.05, 4.69) is 20.5 Å². The second-order valence-electron chi connectivity index (χ2n) is 6.56. The lowest BCUT2D eigenvalue weighted by Gasteiger charge is -2.11. The fourth-order valence-corrected chi connectivity index (χ4v) is 3.82. The molecule has 2 aromatic heterocycles. The van der Waals surface area contributed by atoms with Gasteiger partial charge in [0.2, 0.25) is 5.91 Å². The third-order valence-corrected chi connectivity index (χ3v) is 5.64. The van der Waals surface area contributed by atoms with Crippen LogP contribution in [0.25, 0.3) is 11.4 Å². The summed E-state index contributed by atoms with van der Waals surface area (Å²) < 4.78 is 15.3. The van der Waals surface area contributed by atoms with Crippen molar-refractivity contribution in [3.8, 4) is 11.4 Å². The average molecular weight is 454 g/mol. The summed E-state index contributed by atoms with van der Waals surface area (Å²) in [7, 11) is 0. The minimum atomic E-state index is -0.321. The smallest absolute Gasteiger partial charge is 0.234 e. The van der Waals surface area contributed by atoms with Crippen LogP contribution in [0.3, 0.4) is 0 Å². The summed E-state index contributed by atoms with van der Waals surface area (Å²) in [6, 6.07) is 19.3. The molecule has 6 nitrogen and oxygen atoms in total. The third-order valence-electron chi connectivity index (χ3n) is 4.37. The summed E-state index contributed by atoms with van der Waals surface area (Å²) >= 11 is 7.26. The first-order valence-corrected chi connectivity index (χ1v) is 10.7. The number of nitrogens with zero attached hydrogens (tertiary/aromatic N) is 4. The molecule has 156 valence electrons. The Balaban J connectivity index is 1.55. The molecule has 4 aromatic rings. The van der Waals surface area contributed by atoms with Crippen LogP contribution in [-0.4, -0.2) is 31.4 Å². The van der Waals surface area contributed by atoms with E-state index in [-0.39, 0.29) is 22.6 Å². The van der Waals surface area contributed by atoms with E-state index in [1.54, 1.807) is 30.5 Å². The number of amides is 1. The summed E-state index contributed by atoms with van der Waals surface area (Å²) in [5, 5.41) is 12.1. The van der Waals surface area contributed by atoms with Crippen molar-refractivity contribution in [3.63, 3.8) is 0 Å². The number of carbonyl (C=O) groups is 1. The van der Waals surface area contributed by atoms with Gasteiger partial charge in [-0.2, -0.15) is 0 Å². The Hall–Kier alpha value is -3.23. The molecule has 0 aliphatic heterocycles. The molecule has 0 saturated heterocycles. The number of aromatic nitrogens is 4. The lowest BCUT2D eigenvalue weighted by atomic mass is 10.2. The Kier molecular flexibility index (Phi) is 6.59. The number of carbonyl (C=O) groups excluding carboxylic acids is 1. The van der Waals surface area contributed by atoms with Gasteiger partial charge in [-0.1, -0.05) is 53.7 Å². The van der Waals surface area contributed by atoms with Crippen molar-refractivity contribution >= 4 is 35.0 Å². The molecule has 0 fully saturated rings. The summed E-state index contributed by atoms with van der Waals surface area (Å²) in [6.45, 7) is 0.513. The van der Waals surface area contributed by atoms with Crippen molar-refractivity contribution in [2.24, 2.45) is 0 Å². The predicted octanol–water partition coefficient (Wildman–Crippen LogP) is 4.91. The van der Waals surface area contributed by atoms with Crippen molar-refractivity contribution in [1.82, 2.24) is 19.7 Å². The molecule has 1 N–H and O–H groups in total. The highest BCUT2D eigenvalue weighted by molar-refractivity contribution is 7.99. The van der Waals surface area contributed by atoms with Gasteiger partial charge in [0.25, 0.3) is 0 Å². The second kappa shape index (κ2) is 9.72. The highest BCUT2D eigenvalue weighted by atomic mass is 35.5. The largest absolute Gasteiger partial charge is 0.323 e. The fourth-order valence-electron chi connectivity index (χ4n) is 2.91. The van der Waals surface area contributed by atoms with Gasteiger partial charge in [-0.15, -0.1) is 10.2 Å². The van der Waals surface area contributed by atoms with Crippen LogP contribution in [0.4, 0.5) is 10.1 Å². The zero-order chi connectivity index (χ0) is 21.6. The van der Waals surface area contributed by atoms with E-state index in [4.69, 9.17) is 11.6 Å². The maximum Gasteiger partial charge on any atom is 0.234 e. The van der Waals surface area contributed by atoms with E-state index in [0.29, 0.717) is 23.2 Å². The van der Waals surface area contributed by atoms with Gasteiger partial charge in [0.15, 0.2) is 16.1 Å². The Labute approximate surface area is 187 Å². The van der Waals surface area contributed by atoms with Gasteiger partial charge < -0.3 is 5.32 Å². The van der Waals surface area contributed by atoms with Crippen LogP contribution in [0, 0.1) is 5.82 Å². The van der Waals surface area contributed by atoms with Crippen LogP contribution < -0.4 is 5.32 Å². The van der Waals surface area contributed by atoms with Crippen LogP contribution in [0.5, 0.6) is 0 Å². The molecule has 0 spiro atoms. The molecular weight excluding hydrogens is 437 g/mol. The van der Waals surface area contributed by atoms with Gasteiger partial charge in [-0.3, -0.25) is 9.36 Å². The number of nitrogens with one attached hydrogen (secondary N) is 1. The van der Waals surface area contributed by atoms with Crippen LogP contribution in [0.15, 0.2) is 78.1 Å². The van der Waals surface area contributed by atoms with Gasteiger partial charge in [-0.25, -0.2) is 9.37 Å². The highest BCUT2D eigenvalue weighted by Gasteiger charge is 2.17. The van der Waals surface area contributed by atoms with Crippen molar-refractivity contribution in [1.29, 1.82) is 0 Å². The minimum absolute atomic E-state index is 0.113. The Bertz CT molecular complexity index is 1180. The zero-order valence-corrected chi connectivity index (χ0v) is 17.8. The van der Waals surface area contributed by atoms with E-state index in [1.807, 2.05) is 34.9 Å². The molecule has 2 aromatic carbocycles. The zero-order valence-electron chi connectivity index (χ0n) is 16.2. The summed E-state index contributed by atoms with van der Waals surface area (Å²) in [6.07, 6.45) is 1.55. The minimum Gasteiger partial charge on any atom is -0.323 e. The number of hydrogen-bond acceptors (Lipinski definition) is 5. The molecule has 31 heavy (non-hydrogen) atoms. The first kappa shape index (κ1) is 21.0. The number of thioether (sulfide) groups is 1. The lowest BCUT2D eigenvalue weighted by molar-refractivity contribution is -0.113. The van der Waals surface area contributed by atoms with E-state index < -0.39 is 0 Å². The molecule has 9 heteroatoms. The maximum absolute atomic E-state index is 13.4. The molecule has 0 aliphatic rings. The Morgan fingerprint density at radius 2 is 1.81 bits per heavy atom. The van der Waals surface area contributed by atoms with Gasteiger partial charge >= 0.3 is 0 Å². The summed E-state index contributed by atoms with van der Waals surface area (Å²) in [5.41, 5.74) is 2.25. The first-order chi connectivity index (χ1) is 15.1. The van der Waals surface area contributed by atoms with Gasteiger partial charge in [0, 0.05) is 11.8 Å². The molecule has 0 unspecified atom stereocenters. The van der Waals surface area contributed by atoms with Crippen molar-refractivity contribution in [3.05, 3.63) is 89.5 Å². The quantitative estimate of drug-likeness (QED) is 0.318. The van der Waals surface area contributed by atoms with Crippen LogP contribution >= 0.6 is 23.4 Å². The number of halogens is 2. The van der Waals surface area contributed by atoms with E-state index in [1.165, 1.54) is 23.9 Å². The summed E-state index contributed by atoms with van der Waals surface area (Å²) in [5.74, 6) is 0.152. The van der Waals surface area contributed by atoms with Crippen LogP contribution in [0.1, 0.15) is 5.56 Å². The summed E-state index contributed by atoms with van der Waals surface area (Å²) in [4.78, 5) is 16.3. The molecule has 0 aliphatic carbocycles.